The standard InChI is InChI=1S/C41H62N4O.C8H12O2.2C2H6.CH4O/c1-27(2)29-13-15-30(16-14-29)38(43-42-7)45(25-24-44(8)9)41-23-20-33-32(37(41)36(28(3)4)34(46)26-41)17-18-35-39(5)21-11-10-12-31(39)19-22-40(33,35)6;1-4-7(10)5-8(2,3)6-9;3*1-2/h13-16,27-28,31-33,35H,7,10-12,17-26H2,1-6,8-9H3;6,10H,1,5H2,2-3H3;2*1-2H3;2H,1H3/b43-38-;;;;. The number of Topliss-reactive ketones (excluding diaryl/α,β-unsaturated/α-hetero) is 1. The molecule has 0 saturated heterocycles. The highest BCUT2D eigenvalue weighted by atomic mass is 16.3. The third-order valence-electron chi connectivity index (χ3n) is 15.2. The topological polar surface area (TPSA) is 106 Å². The minimum absolute atomic E-state index is 0.0390. The Bertz CT molecular complexity index is 1720. The summed E-state index contributed by atoms with van der Waals surface area (Å²) >= 11 is 0. The first kappa shape index (κ1) is 54.8. The first-order valence-corrected chi connectivity index (χ1v) is 24.2. The first-order valence-electron chi connectivity index (χ1n) is 24.2. The molecule has 0 spiro atoms. The minimum Gasteiger partial charge on any atom is -0.505 e. The molecule has 8 heteroatoms. The molecule has 0 radical (unpaired) electrons. The maximum absolute atomic E-state index is 14.4. The summed E-state index contributed by atoms with van der Waals surface area (Å²) in [6.45, 7) is 34.6. The SMILES string of the molecule is C=C=C(O)CC(C)(C)C=O.C=N/N=C(/c1ccc(C(C)C)cc1)N(CCN(C)C)C12CCC3C(CCC4C5(C)CCCCC5CCC34C)C1=C(C(C)C)C(=O)C2.CC.CC.CO. The van der Waals surface area contributed by atoms with Crippen molar-refractivity contribution < 1.29 is 19.8 Å². The molecule has 8 nitrogen and oxygen atoms in total. The first-order chi connectivity index (χ1) is 29.4. The van der Waals surface area contributed by atoms with Gasteiger partial charge in [-0.2, -0.15) is 5.10 Å². The molecular weight excluding hydrogens is 769 g/mol. The molecule has 0 aliphatic heterocycles. The van der Waals surface area contributed by atoms with Gasteiger partial charge in [-0.1, -0.05) is 133 Å². The number of aliphatic hydroxyl groups is 2. The van der Waals surface area contributed by atoms with Gasteiger partial charge in [-0.05, 0) is 129 Å². The molecule has 5 aliphatic carbocycles. The van der Waals surface area contributed by atoms with Crippen molar-refractivity contribution in [1.29, 1.82) is 0 Å². The molecule has 0 bridgehead atoms. The van der Waals surface area contributed by atoms with Gasteiger partial charge in [-0.15, -0.1) is 5.10 Å². The van der Waals surface area contributed by atoms with Crippen LogP contribution in [0.5, 0.6) is 0 Å². The van der Waals surface area contributed by atoms with Gasteiger partial charge in [0.05, 0.1) is 5.54 Å². The number of hydrogen-bond acceptors (Lipinski definition) is 7. The van der Waals surface area contributed by atoms with Crippen LogP contribution in [0.4, 0.5) is 0 Å². The van der Waals surface area contributed by atoms with E-state index in [4.69, 9.17) is 15.3 Å². The average molecular weight is 859 g/mol. The number of carbonyl (C=O) groups is 2. The summed E-state index contributed by atoms with van der Waals surface area (Å²) in [5, 5.41) is 24.9. The van der Waals surface area contributed by atoms with Crippen LogP contribution in [0.2, 0.25) is 0 Å². The van der Waals surface area contributed by atoms with Gasteiger partial charge in [0.25, 0.3) is 0 Å². The maximum atomic E-state index is 14.4. The number of likely N-dealkylation sites (N-methyl/N-ethyl adjacent to an activating group) is 1. The lowest BCUT2D eigenvalue weighted by Gasteiger charge is -2.66. The van der Waals surface area contributed by atoms with Crippen molar-refractivity contribution in [2.75, 3.05) is 34.3 Å². The van der Waals surface area contributed by atoms with E-state index >= 15 is 0 Å². The Hall–Kier alpha value is -3.32. The molecule has 5 aliphatic rings. The Morgan fingerprint density at radius 2 is 1.53 bits per heavy atom. The van der Waals surface area contributed by atoms with E-state index in [1.807, 2.05) is 27.7 Å². The summed E-state index contributed by atoms with van der Waals surface area (Å²) < 4.78 is 0. The van der Waals surface area contributed by atoms with E-state index in [-0.39, 0.29) is 17.2 Å². The summed E-state index contributed by atoms with van der Waals surface area (Å²) in [7, 11) is 5.29. The lowest BCUT2D eigenvalue weighted by atomic mass is 9.39. The highest BCUT2D eigenvalue weighted by molar-refractivity contribution is 6.05. The number of amidine groups is 1. The summed E-state index contributed by atoms with van der Waals surface area (Å²) in [6, 6.07) is 8.89. The van der Waals surface area contributed by atoms with Gasteiger partial charge < -0.3 is 24.8 Å². The van der Waals surface area contributed by atoms with E-state index in [1.165, 1.54) is 68.9 Å². The normalized spacial score (nSPS) is 28.7. The molecule has 4 fully saturated rings. The second-order valence-corrected chi connectivity index (χ2v) is 20.2. The Morgan fingerprint density at radius 1 is 0.903 bits per heavy atom. The number of hydrogen-bond donors (Lipinski definition) is 2. The number of aliphatic hydroxyl groups excluding tert-OH is 2. The molecular formula is C54H90N4O4. The molecule has 7 unspecified atom stereocenters. The zero-order valence-electron chi connectivity index (χ0n) is 42.2. The Kier molecular flexibility index (Phi) is 21.3. The van der Waals surface area contributed by atoms with Crippen LogP contribution in [0, 0.1) is 45.8 Å². The lowest BCUT2D eigenvalue weighted by Crippen LogP contribution is -2.62. The van der Waals surface area contributed by atoms with Crippen molar-refractivity contribution in [3.8, 4) is 0 Å². The molecule has 350 valence electrons. The summed E-state index contributed by atoms with van der Waals surface area (Å²) in [5.74, 6) is 4.79. The largest absolute Gasteiger partial charge is 0.505 e. The van der Waals surface area contributed by atoms with Gasteiger partial charge >= 0.3 is 0 Å². The highest BCUT2D eigenvalue weighted by Crippen LogP contribution is 2.70. The second kappa shape index (κ2) is 24.1. The second-order valence-electron chi connectivity index (χ2n) is 20.2. The number of rotatable bonds is 11. The number of nitrogens with zero attached hydrogens (tertiary/aromatic N) is 4. The Labute approximate surface area is 379 Å². The average Bonchev–Trinajstić information content (AvgIpc) is 3.58. The van der Waals surface area contributed by atoms with Crippen LogP contribution in [0.1, 0.15) is 177 Å². The number of fused-ring (bicyclic) bond motifs is 7. The maximum Gasteiger partial charge on any atom is 0.161 e. The van der Waals surface area contributed by atoms with Gasteiger partial charge in [0.1, 0.15) is 12.0 Å². The number of allylic oxidation sites excluding steroid dienone is 2. The highest BCUT2D eigenvalue weighted by Gasteiger charge is 2.64. The van der Waals surface area contributed by atoms with Gasteiger partial charge in [0.15, 0.2) is 11.6 Å². The van der Waals surface area contributed by atoms with E-state index < -0.39 is 5.41 Å². The summed E-state index contributed by atoms with van der Waals surface area (Å²) in [6.07, 6.45) is 14.9. The predicted molar refractivity (Wildman–Crippen MR) is 263 cm³/mol. The van der Waals surface area contributed by atoms with Gasteiger partial charge in [-0.3, -0.25) is 4.79 Å². The molecule has 1 aromatic carbocycles. The van der Waals surface area contributed by atoms with E-state index in [0.717, 1.165) is 61.7 Å². The van der Waals surface area contributed by atoms with E-state index in [9.17, 15) is 9.59 Å². The molecule has 4 saturated carbocycles. The van der Waals surface area contributed by atoms with Crippen LogP contribution in [-0.4, -0.2) is 84.5 Å². The lowest BCUT2D eigenvalue weighted by molar-refractivity contribution is -0.150. The van der Waals surface area contributed by atoms with Crippen molar-refractivity contribution in [1.82, 2.24) is 9.80 Å². The Morgan fingerprint density at radius 3 is 2.06 bits per heavy atom. The van der Waals surface area contributed by atoms with E-state index in [2.05, 4.69) is 114 Å². The fraction of sp³-hybridized carbons (Fsp3) is 0.722. The molecule has 0 amide bonds. The third-order valence-corrected chi connectivity index (χ3v) is 15.2. The minimum atomic E-state index is -0.505. The van der Waals surface area contributed by atoms with Crippen molar-refractivity contribution in [3.05, 3.63) is 64.6 Å². The van der Waals surface area contributed by atoms with Gasteiger partial charge in [0, 0.05) is 50.7 Å². The quantitative estimate of drug-likeness (QED) is 0.0573. The molecule has 1 aromatic rings. The molecule has 2 N–H and O–H groups in total. The van der Waals surface area contributed by atoms with Gasteiger partial charge in [-0.25, -0.2) is 0 Å². The van der Waals surface area contributed by atoms with Crippen LogP contribution in [0.25, 0.3) is 0 Å². The van der Waals surface area contributed by atoms with Crippen molar-refractivity contribution in [2.45, 2.75) is 172 Å². The van der Waals surface area contributed by atoms with Crippen molar-refractivity contribution in [2.24, 2.45) is 56.0 Å². The van der Waals surface area contributed by atoms with Gasteiger partial charge in [0.2, 0.25) is 0 Å². The molecule has 6 rings (SSSR count). The fourth-order valence-corrected chi connectivity index (χ4v) is 12.5. The van der Waals surface area contributed by atoms with Crippen LogP contribution >= 0.6 is 0 Å². The van der Waals surface area contributed by atoms with Crippen molar-refractivity contribution >= 4 is 24.6 Å². The number of benzene rings is 1. The smallest absolute Gasteiger partial charge is 0.161 e. The summed E-state index contributed by atoms with van der Waals surface area (Å²) in [5.41, 5.74) is 7.31. The van der Waals surface area contributed by atoms with Crippen LogP contribution < -0.4 is 0 Å². The van der Waals surface area contributed by atoms with Crippen molar-refractivity contribution in [3.63, 3.8) is 0 Å². The number of carbonyl (C=O) groups excluding carboxylic acids is 2. The summed E-state index contributed by atoms with van der Waals surface area (Å²) in [4.78, 5) is 29.5. The zero-order valence-corrected chi connectivity index (χ0v) is 42.2. The third kappa shape index (κ3) is 11.7. The van der Waals surface area contributed by atoms with Crippen LogP contribution in [0.15, 0.2) is 63.7 Å². The molecule has 7 atom stereocenters. The van der Waals surface area contributed by atoms with E-state index in [0.29, 0.717) is 47.2 Å². The number of ketones is 1. The van der Waals surface area contributed by atoms with E-state index in [1.54, 1.807) is 13.8 Å². The number of aldehydes is 1. The molecule has 62 heavy (non-hydrogen) atoms. The monoisotopic (exact) mass is 859 g/mol. The zero-order chi connectivity index (χ0) is 47.2. The van der Waals surface area contributed by atoms with Crippen LogP contribution in [0.3, 0.4) is 0 Å². The predicted octanol–water partition coefficient (Wildman–Crippen LogP) is 12.6. The molecule has 0 heterocycles. The fourth-order valence-electron chi connectivity index (χ4n) is 12.5. The Balaban J connectivity index is 0.000000716. The molecule has 0 aromatic heterocycles. The van der Waals surface area contributed by atoms with Crippen LogP contribution in [-0.2, 0) is 9.59 Å².